The van der Waals surface area contributed by atoms with Crippen LogP contribution in [0.1, 0.15) is 49.7 Å². The Bertz CT molecular complexity index is 538. The van der Waals surface area contributed by atoms with E-state index in [-0.39, 0.29) is 5.91 Å². The minimum absolute atomic E-state index is 0.134. The van der Waals surface area contributed by atoms with Crippen LogP contribution in [0.4, 0.5) is 5.69 Å². The quantitative estimate of drug-likeness (QED) is 0.918. The predicted molar refractivity (Wildman–Crippen MR) is 91.1 cm³/mol. The molecule has 0 bridgehead atoms. The molecule has 2 fully saturated rings. The van der Waals surface area contributed by atoms with E-state index in [1.165, 1.54) is 49.7 Å². The summed E-state index contributed by atoms with van der Waals surface area (Å²) < 4.78 is 0. The highest BCUT2D eigenvalue weighted by atomic mass is 16.2. The first-order valence-corrected chi connectivity index (χ1v) is 8.74. The number of hydrogen-bond donors (Lipinski definition) is 1. The Labute approximate surface area is 134 Å². The molecule has 1 N–H and O–H groups in total. The largest absolute Gasteiger partial charge is 0.325 e. The Morgan fingerprint density at radius 1 is 1.14 bits per heavy atom. The molecule has 3 heteroatoms. The number of hydrogen-bond acceptors (Lipinski definition) is 2. The summed E-state index contributed by atoms with van der Waals surface area (Å²) in [7, 11) is 0. The van der Waals surface area contributed by atoms with E-state index < -0.39 is 0 Å². The third-order valence-electron chi connectivity index (χ3n) is 5.50. The van der Waals surface area contributed by atoms with Gasteiger partial charge in [0, 0.05) is 11.7 Å². The molecule has 1 aliphatic carbocycles. The Morgan fingerprint density at radius 2 is 1.91 bits per heavy atom. The summed E-state index contributed by atoms with van der Waals surface area (Å²) in [5.74, 6) is 0.964. The lowest BCUT2D eigenvalue weighted by atomic mass is 9.78. The molecule has 3 rings (SSSR count). The van der Waals surface area contributed by atoms with Gasteiger partial charge in [0.1, 0.15) is 0 Å². The first-order chi connectivity index (χ1) is 10.6. The molecule has 1 saturated heterocycles. The fourth-order valence-corrected chi connectivity index (χ4v) is 4.13. The van der Waals surface area contributed by atoms with Crippen LogP contribution in [0.15, 0.2) is 18.2 Å². The van der Waals surface area contributed by atoms with Crippen molar-refractivity contribution in [2.75, 3.05) is 18.4 Å². The van der Waals surface area contributed by atoms with Gasteiger partial charge in [-0.15, -0.1) is 0 Å². The van der Waals surface area contributed by atoms with Crippen molar-refractivity contribution >= 4 is 11.6 Å². The average Bonchev–Trinajstić information content (AvgIpc) is 2.51. The fraction of sp³-hybridized carbons (Fsp3) is 0.632. The average molecular weight is 300 g/mol. The molecule has 0 aromatic heterocycles. The van der Waals surface area contributed by atoms with Crippen LogP contribution in [-0.2, 0) is 4.79 Å². The summed E-state index contributed by atoms with van der Waals surface area (Å²) in [6, 6.07) is 6.78. The minimum atomic E-state index is 0.134. The molecule has 2 atom stereocenters. The number of fused-ring (bicyclic) bond motifs is 1. The number of rotatable bonds is 3. The van der Waals surface area contributed by atoms with Gasteiger partial charge in [0.15, 0.2) is 0 Å². The van der Waals surface area contributed by atoms with Crippen molar-refractivity contribution in [3.63, 3.8) is 0 Å². The fourth-order valence-electron chi connectivity index (χ4n) is 4.13. The summed E-state index contributed by atoms with van der Waals surface area (Å²) in [5.41, 5.74) is 3.41. The Kier molecular flexibility index (Phi) is 4.82. The maximum absolute atomic E-state index is 12.4. The van der Waals surface area contributed by atoms with E-state index in [9.17, 15) is 4.79 Å². The lowest BCUT2D eigenvalue weighted by Gasteiger charge is -2.43. The van der Waals surface area contributed by atoms with Gasteiger partial charge in [-0.2, -0.15) is 0 Å². The lowest BCUT2D eigenvalue weighted by molar-refractivity contribution is -0.118. The van der Waals surface area contributed by atoms with Crippen LogP contribution in [-0.4, -0.2) is 29.9 Å². The van der Waals surface area contributed by atoms with E-state index in [4.69, 9.17) is 0 Å². The van der Waals surface area contributed by atoms with Crippen molar-refractivity contribution in [3.8, 4) is 0 Å². The Hall–Kier alpha value is -1.35. The highest BCUT2D eigenvalue weighted by molar-refractivity contribution is 5.92. The minimum Gasteiger partial charge on any atom is -0.325 e. The van der Waals surface area contributed by atoms with E-state index in [1.807, 2.05) is 6.07 Å². The van der Waals surface area contributed by atoms with E-state index in [0.29, 0.717) is 12.6 Å². The number of nitrogens with zero attached hydrogens (tertiary/aromatic N) is 1. The molecule has 1 aromatic carbocycles. The van der Waals surface area contributed by atoms with Gasteiger partial charge in [0.2, 0.25) is 5.91 Å². The zero-order valence-electron chi connectivity index (χ0n) is 13.9. The second-order valence-corrected chi connectivity index (χ2v) is 7.07. The molecule has 3 nitrogen and oxygen atoms in total. The van der Waals surface area contributed by atoms with Gasteiger partial charge in [-0.05, 0) is 75.3 Å². The van der Waals surface area contributed by atoms with Crippen LogP contribution in [0.2, 0.25) is 0 Å². The molecule has 120 valence electrons. The molecule has 1 amide bonds. The molecule has 1 aliphatic heterocycles. The number of piperidine rings is 1. The van der Waals surface area contributed by atoms with Crippen molar-refractivity contribution < 1.29 is 4.79 Å². The van der Waals surface area contributed by atoms with E-state index in [0.717, 1.165) is 18.2 Å². The van der Waals surface area contributed by atoms with Gasteiger partial charge in [-0.25, -0.2) is 0 Å². The molecular weight excluding hydrogens is 272 g/mol. The number of amides is 1. The molecular formula is C19H28N2O. The van der Waals surface area contributed by atoms with Crippen LogP contribution in [0.3, 0.4) is 0 Å². The van der Waals surface area contributed by atoms with E-state index in [1.54, 1.807) is 0 Å². The van der Waals surface area contributed by atoms with Crippen molar-refractivity contribution in [2.24, 2.45) is 5.92 Å². The monoisotopic (exact) mass is 300 g/mol. The molecule has 2 aliphatic rings. The summed E-state index contributed by atoms with van der Waals surface area (Å²) in [5, 5.41) is 3.07. The third-order valence-corrected chi connectivity index (χ3v) is 5.50. The highest BCUT2D eigenvalue weighted by Crippen LogP contribution is 2.35. The maximum Gasteiger partial charge on any atom is 0.238 e. The van der Waals surface area contributed by atoms with Gasteiger partial charge < -0.3 is 5.32 Å². The smallest absolute Gasteiger partial charge is 0.238 e. The van der Waals surface area contributed by atoms with Gasteiger partial charge >= 0.3 is 0 Å². The van der Waals surface area contributed by atoms with Crippen molar-refractivity contribution in [1.82, 2.24) is 4.90 Å². The molecule has 0 unspecified atom stereocenters. The second kappa shape index (κ2) is 6.82. The SMILES string of the molecule is Cc1ccc(NC(=O)CN2CCC[C@H]3CCCC[C@@H]32)cc1C. The molecule has 0 radical (unpaired) electrons. The van der Waals surface area contributed by atoms with Crippen molar-refractivity contribution in [1.29, 1.82) is 0 Å². The summed E-state index contributed by atoms with van der Waals surface area (Å²) in [6.45, 7) is 5.82. The number of carbonyl (C=O) groups excluding carboxylic acids is 1. The molecule has 1 saturated carbocycles. The third kappa shape index (κ3) is 3.52. The second-order valence-electron chi connectivity index (χ2n) is 7.07. The van der Waals surface area contributed by atoms with Crippen LogP contribution < -0.4 is 5.32 Å². The van der Waals surface area contributed by atoms with Gasteiger partial charge in [-0.3, -0.25) is 9.69 Å². The molecule has 1 aromatic rings. The number of anilines is 1. The predicted octanol–water partition coefficient (Wildman–Crippen LogP) is 3.90. The number of likely N-dealkylation sites (tertiary alicyclic amines) is 1. The first kappa shape index (κ1) is 15.5. The highest BCUT2D eigenvalue weighted by Gasteiger charge is 2.33. The Balaban J connectivity index is 1.59. The molecule has 1 heterocycles. The lowest BCUT2D eigenvalue weighted by Crippen LogP contribution is -2.49. The summed E-state index contributed by atoms with van der Waals surface area (Å²) >= 11 is 0. The number of carbonyl (C=O) groups is 1. The topological polar surface area (TPSA) is 32.3 Å². The maximum atomic E-state index is 12.4. The number of aryl methyl sites for hydroxylation is 2. The van der Waals surface area contributed by atoms with Crippen molar-refractivity contribution in [2.45, 2.75) is 58.4 Å². The van der Waals surface area contributed by atoms with Crippen molar-refractivity contribution in [3.05, 3.63) is 29.3 Å². The normalized spacial score (nSPS) is 25.5. The first-order valence-electron chi connectivity index (χ1n) is 8.74. The summed E-state index contributed by atoms with van der Waals surface area (Å²) in [6.07, 6.45) is 7.96. The standard InChI is InChI=1S/C19H28N2O/c1-14-9-10-17(12-15(14)2)20-19(22)13-21-11-5-7-16-6-3-4-8-18(16)21/h9-10,12,16,18H,3-8,11,13H2,1-2H3,(H,20,22)/t16-,18+/m1/s1. The summed E-state index contributed by atoms with van der Waals surface area (Å²) in [4.78, 5) is 14.8. The van der Waals surface area contributed by atoms with Crippen LogP contribution in [0.5, 0.6) is 0 Å². The zero-order valence-corrected chi connectivity index (χ0v) is 13.9. The van der Waals surface area contributed by atoms with Gasteiger partial charge in [0.05, 0.1) is 6.54 Å². The Morgan fingerprint density at radius 3 is 2.73 bits per heavy atom. The molecule has 0 spiro atoms. The zero-order chi connectivity index (χ0) is 15.5. The number of benzene rings is 1. The van der Waals surface area contributed by atoms with Gasteiger partial charge in [0.25, 0.3) is 0 Å². The van der Waals surface area contributed by atoms with E-state index in [2.05, 4.69) is 36.2 Å². The van der Waals surface area contributed by atoms with Gasteiger partial charge in [-0.1, -0.05) is 18.9 Å². The van der Waals surface area contributed by atoms with E-state index >= 15 is 0 Å². The number of nitrogens with one attached hydrogen (secondary N) is 1. The van der Waals surface area contributed by atoms with Crippen LogP contribution in [0.25, 0.3) is 0 Å². The molecule has 22 heavy (non-hydrogen) atoms. The van der Waals surface area contributed by atoms with Crippen LogP contribution >= 0.6 is 0 Å². The van der Waals surface area contributed by atoms with Crippen LogP contribution in [0, 0.1) is 19.8 Å².